The summed E-state index contributed by atoms with van der Waals surface area (Å²) < 4.78 is 5.04. The SMILES string of the molecule is CNC(=O)c1ccc(NC(=O)c2cc(Cl)c(OC)c(Cl)c2)cc1. The molecule has 2 N–H and O–H groups in total. The van der Waals surface area contributed by atoms with Gasteiger partial charge in [0.25, 0.3) is 11.8 Å². The van der Waals surface area contributed by atoms with Crippen molar-refractivity contribution in [3.05, 3.63) is 57.6 Å². The summed E-state index contributed by atoms with van der Waals surface area (Å²) in [4.78, 5) is 23.7. The number of benzene rings is 2. The number of halogens is 2. The lowest BCUT2D eigenvalue weighted by Gasteiger charge is -2.10. The van der Waals surface area contributed by atoms with E-state index in [1.165, 1.54) is 19.2 Å². The first-order valence-electron chi connectivity index (χ1n) is 6.62. The van der Waals surface area contributed by atoms with Crippen LogP contribution in [0.4, 0.5) is 5.69 Å². The summed E-state index contributed by atoms with van der Waals surface area (Å²) >= 11 is 12.0. The Bertz CT molecular complexity index is 722. The van der Waals surface area contributed by atoms with E-state index in [0.29, 0.717) is 22.6 Å². The Morgan fingerprint density at radius 2 is 1.52 bits per heavy atom. The maximum atomic E-state index is 12.2. The molecule has 0 saturated carbocycles. The molecule has 23 heavy (non-hydrogen) atoms. The standard InChI is InChI=1S/C16H14Cl2N2O3/c1-19-15(21)9-3-5-11(6-4-9)20-16(22)10-7-12(17)14(23-2)13(18)8-10/h3-8H,1-2H3,(H,19,21)(H,20,22). The van der Waals surface area contributed by atoms with Gasteiger partial charge in [-0.2, -0.15) is 0 Å². The number of ether oxygens (including phenoxy) is 1. The highest BCUT2D eigenvalue weighted by molar-refractivity contribution is 6.37. The van der Waals surface area contributed by atoms with Crippen molar-refractivity contribution >= 4 is 40.7 Å². The highest BCUT2D eigenvalue weighted by Gasteiger charge is 2.14. The second-order valence-corrected chi connectivity index (χ2v) is 5.40. The van der Waals surface area contributed by atoms with Gasteiger partial charge < -0.3 is 15.4 Å². The summed E-state index contributed by atoms with van der Waals surface area (Å²) in [5.41, 5.74) is 1.35. The Balaban J connectivity index is 2.17. The molecule has 0 radical (unpaired) electrons. The molecule has 0 aliphatic carbocycles. The monoisotopic (exact) mass is 352 g/mol. The normalized spacial score (nSPS) is 10.1. The zero-order chi connectivity index (χ0) is 17.0. The van der Waals surface area contributed by atoms with Crippen LogP contribution in [-0.2, 0) is 0 Å². The molecule has 2 rings (SSSR count). The lowest BCUT2D eigenvalue weighted by atomic mass is 10.1. The average molecular weight is 353 g/mol. The fourth-order valence-electron chi connectivity index (χ4n) is 1.94. The summed E-state index contributed by atoms with van der Waals surface area (Å²) in [6.07, 6.45) is 0. The maximum Gasteiger partial charge on any atom is 0.255 e. The van der Waals surface area contributed by atoms with Crippen molar-refractivity contribution in [3.8, 4) is 5.75 Å². The van der Waals surface area contributed by atoms with Crippen LogP contribution in [0.1, 0.15) is 20.7 Å². The van der Waals surface area contributed by atoms with E-state index >= 15 is 0 Å². The topological polar surface area (TPSA) is 67.4 Å². The predicted molar refractivity (Wildman–Crippen MR) is 90.8 cm³/mol. The summed E-state index contributed by atoms with van der Waals surface area (Å²) in [5, 5.41) is 5.73. The predicted octanol–water partition coefficient (Wildman–Crippen LogP) is 3.61. The van der Waals surface area contributed by atoms with Crippen molar-refractivity contribution in [2.75, 3.05) is 19.5 Å². The van der Waals surface area contributed by atoms with E-state index in [0.717, 1.165) is 0 Å². The number of anilines is 1. The average Bonchev–Trinajstić information content (AvgIpc) is 2.54. The van der Waals surface area contributed by atoms with Crippen LogP contribution in [0.25, 0.3) is 0 Å². The molecule has 0 saturated heterocycles. The van der Waals surface area contributed by atoms with E-state index in [-0.39, 0.29) is 21.9 Å². The Kier molecular flexibility index (Phi) is 5.47. The molecule has 7 heteroatoms. The van der Waals surface area contributed by atoms with Crippen molar-refractivity contribution in [2.45, 2.75) is 0 Å². The Morgan fingerprint density at radius 3 is 2.00 bits per heavy atom. The molecule has 2 aromatic rings. The van der Waals surface area contributed by atoms with E-state index in [4.69, 9.17) is 27.9 Å². The van der Waals surface area contributed by atoms with E-state index in [1.807, 2.05) is 0 Å². The van der Waals surface area contributed by atoms with Crippen molar-refractivity contribution in [2.24, 2.45) is 0 Å². The van der Waals surface area contributed by atoms with Gasteiger partial charge in [-0.15, -0.1) is 0 Å². The molecule has 5 nitrogen and oxygen atoms in total. The summed E-state index contributed by atoms with van der Waals surface area (Å²) in [6, 6.07) is 9.44. The van der Waals surface area contributed by atoms with Crippen LogP contribution < -0.4 is 15.4 Å². The molecule has 2 aromatic carbocycles. The third-order valence-electron chi connectivity index (χ3n) is 3.10. The lowest BCUT2D eigenvalue weighted by Crippen LogP contribution is -2.17. The lowest BCUT2D eigenvalue weighted by molar-refractivity contribution is 0.0962. The van der Waals surface area contributed by atoms with Crippen LogP contribution in [0.15, 0.2) is 36.4 Å². The number of carbonyl (C=O) groups is 2. The molecular formula is C16H14Cl2N2O3. The van der Waals surface area contributed by atoms with E-state index < -0.39 is 0 Å². The first-order chi connectivity index (χ1) is 11.0. The van der Waals surface area contributed by atoms with Gasteiger partial charge in [0.2, 0.25) is 0 Å². The Hall–Kier alpha value is -2.24. The molecule has 0 aliphatic heterocycles. The van der Waals surface area contributed by atoms with Gasteiger partial charge in [0, 0.05) is 23.9 Å². The third kappa shape index (κ3) is 3.94. The van der Waals surface area contributed by atoms with Gasteiger partial charge >= 0.3 is 0 Å². The van der Waals surface area contributed by atoms with Gasteiger partial charge in [-0.1, -0.05) is 23.2 Å². The maximum absolute atomic E-state index is 12.2. The van der Waals surface area contributed by atoms with E-state index in [1.54, 1.807) is 31.3 Å². The second-order valence-electron chi connectivity index (χ2n) is 4.58. The molecular weight excluding hydrogens is 339 g/mol. The van der Waals surface area contributed by atoms with Crippen LogP contribution in [-0.4, -0.2) is 26.0 Å². The van der Waals surface area contributed by atoms with Gasteiger partial charge in [-0.05, 0) is 36.4 Å². The molecule has 120 valence electrons. The number of carbonyl (C=O) groups excluding carboxylic acids is 2. The number of amides is 2. The van der Waals surface area contributed by atoms with Crippen LogP contribution in [0, 0.1) is 0 Å². The first kappa shape index (κ1) is 17.1. The second kappa shape index (κ2) is 7.35. The fraction of sp³-hybridized carbons (Fsp3) is 0.125. The van der Waals surface area contributed by atoms with E-state index in [2.05, 4.69) is 10.6 Å². The molecule has 0 bridgehead atoms. The fourth-order valence-corrected chi connectivity index (χ4v) is 2.58. The van der Waals surface area contributed by atoms with Gasteiger partial charge in [-0.3, -0.25) is 9.59 Å². The molecule has 0 spiro atoms. The zero-order valence-electron chi connectivity index (χ0n) is 12.4. The van der Waals surface area contributed by atoms with Crippen molar-refractivity contribution in [1.29, 1.82) is 0 Å². The highest BCUT2D eigenvalue weighted by Crippen LogP contribution is 2.34. The van der Waals surface area contributed by atoms with E-state index in [9.17, 15) is 9.59 Å². The smallest absolute Gasteiger partial charge is 0.255 e. The van der Waals surface area contributed by atoms with Gasteiger partial charge in [0.1, 0.15) is 0 Å². The number of hydrogen-bond donors (Lipinski definition) is 2. The summed E-state index contributed by atoms with van der Waals surface area (Å²) in [6.45, 7) is 0. The Labute approximate surface area is 143 Å². The Morgan fingerprint density at radius 1 is 0.957 bits per heavy atom. The van der Waals surface area contributed by atoms with Crippen molar-refractivity contribution in [3.63, 3.8) is 0 Å². The third-order valence-corrected chi connectivity index (χ3v) is 3.66. The van der Waals surface area contributed by atoms with Crippen LogP contribution in [0.5, 0.6) is 5.75 Å². The van der Waals surface area contributed by atoms with Gasteiger partial charge in [0.05, 0.1) is 17.2 Å². The van der Waals surface area contributed by atoms with Crippen molar-refractivity contribution < 1.29 is 14.3 Å². The summed E-state index contributed by atoms with van der Waals surface area (Å²) in [7, 11) is 3.00. The number of methoxy groups -OCH3 is 1. The molecule has 0 unspecified atom stereocenters. The number of hydrogen-bond acceptors (Lipinski definition) is 3. The molecule has 2 amide bonds. The number of nitrogens with one attached hydrogen (secondary N) is 2. The number of rotatable bonds is 4. The quantitative estimate of drug-likeness (QED) is 0.882. The highest BCUT2D eigenvalue weighted by atomic mass is 35.5. The minimum Gasteiger partial charge on any atom is -0.494 e. The van der Waals surface area contributed by atoms with Crippen LogP contribution >= 0.6 is 23.2 Å². The van der Waals surface area contributed by atoms with Gasteiger partial charge in [0.15, 0.2) is 5.75 Å². The summed E-state index contributed by atoms with van der Waals surface area (Å²) in [5.74, 6) is -0.249. The minimum absolute atomic E-state index is 0.198. The van der Waals surface area contributed by atoms with Crippen molar-refractivity contribution in [1.82, 2.24) is 5.32 Å². The molecule has 0 fully saturated rings. The zero-order valence-corrected chi connectivity index (χ0v) is 14.0. The van der Waals surface area contributed by atoms with Gasteiger partial charge in [-0.25, -0.2) is 0 Å². The molecule has 0 heterocycles. The molecule has 0 aromatic heterocycles. The minimum atomic E-state index is -0.371. The van der Waals surface area contributed by atoms with Crippen LogP contribution in [0.2, 0.25) is 10.0 Å². The molecule has 0 aliphatic rings. The molecule has 0 atom stereocenters. The largest absolute Gasteiger partial charge is 0.494 e. The first-order valence-corrected chi connectivity index (χ1v) is 7.38. The van der Waals surface area contributed by atoms with Crippen LogP contribution in [0.3, 0.4) is 0 Å².